The Morgan fingerprint density at radius 2 is 1.55 bits per heavy atom. The molecule has 1 heterocycles. The largest absolute Gasteiger partial charge is 0.455 e. The number of ether oxygens (including phenoxy) is 1. The molecular weight excluding hydrogens is 394 g/mol. The Balaban J connectivity index is 1.82. The smallest absolute Gasteiger partial charge is 0.343 e. The Morgan fingerprint density at radius 1 is 0.903 bits per heavy atom. The van der Waals surface area contributed by atoms with Crippen LogP contribution in [0.25, 0.3) is 22.3 Å². The van der Waals surface area contributed by atoms with Gasteiger partial charge in [-0.15, -0.1) is 0 Å². The highest BCUT2D eigenvalue weighted by molar-refractivity contribution is 6.03. The fourth-order valence-corrected chi connectivity index (χ4v) is 3.42. The summed E-state index contributed by atoms with van der Waals surface area (Å²) in [5.74, 6) is -1.25. The fraction of sp³-hybridized carbons (Fsp3) is 0.0800. The van der Waals surface area contributed by atoms with E-state index in [1.165, 1.54) is 6.07 Å². The molecule has 1 atom stereocenters. The van der Waals surface area contributed by atoms with Gasteiger partial charge in [0.25, 0.3) is 5.91 Å². The lowest BCUT2D eigenvalue weighted by Gasteiger charge is -2.16. The van der Waals surface area contributed by atoms with E-state index in [1.807, 2.05) is 30.3 Å². The molecule has 0 spiro atoms. The van der Waals surface area contributed by atoms with Crippen molar-refractivity contribution in [3.8, 4) is 11.3 Å². The first-order valence-corrected chi connectivity index (χ1v) is 9.64. The molecule has 6 heteroatoms. The van der Waals surface area contributed by atoms with Crippen molar-refractivity contribution >= 4 is 22.8 Å². The van der Waals surface area contributed by atoms with E-state index in [1.54, 1.807) is 49.4 Å². The lowest BCUT2D eigenvalue weighted by Crippen LogP contribution is -2.26. The molecule has 154 valence electrons. The zero-order chi connectivity index (χ0) is 22.0. The number of amides is 1. The van der Waals surface area contributed by atoms with Gasteiger partial charge in [-0.25, -0.2) is 4.79 Å². The summed E-state index contributed by atoms with van der Waals surface area (Å²) in [6.07, 6.45) is -1.27. The minimum atomic E-state index is -1.27. The SMILES string of the molecule is Cc1c(-c2ccccc2)oc2c(C(=O)O[C@@H](C(N)=O)c3ccccc3)cccc2c1=O. The molecule has 0 aliphatic carbocycles. The average Bonchev–Trinajstić information content (AvgIpc) is 2.80. The van der Waals surface area contributed by atoms with Crippen LogP contribution in [0.4, 0.5) is 0 Å². The third-order valence-electron chi connectivity index (χ3n) is 4.99. The van der Waals surface area contributed by atoms with Gasteiger partial charge in [-0.2, -0.15) is 0 Å². The molecule has 0 saturated heterocycles. The normalized spacial score (nSPS) is 11.8. The fourth-order valence-electron chi connectivity index (χ4n) is 3.42. The number of esters is 1. The van der Waals surface area contributed by atoms with Crippen molar-refractivity contribution in [2.24, 2.45) is 5.73 Å². The first kappa shape index (κ1) is 20.1. The van der Waals surface area contributed by atoms with Gasteiger partial charge in [0.05, 0.1) is 5.39 Å². The second-order valence-electron chi connectivity index (χ2n) is 7.03. The molecule has 2 N–H and O–H groups in total. The number of hydrogen-bond acceptors (Lipinski definition) is 5. The summed E-state index contributed by atoms with van der Waals surface area (Å²) >= 11 is 0. The van der Waals surface area contributed by atoms with Crippen LogP contribution in [-0.4, -0.2) is 11.9 Å². The average molecular weight is 413 g/mol. The molecule has 3 aromatic carbocycles. The number of benzene rings is 3. The molecule has 0 saturated carbocycles. The van der Waals surface area contributed by atoms with Crippen LogP contribution in [0, 0.1) is 6.92 Å². The van der Waals surface area contributed by atoms with Gasteiger partial charge in [0, 0.05) is 16.7 Å². The molecule has 4 aromatic rings. The standard InChI is InChI=1S/C25H19NO5/c1-15-20(27)18-13-8-14-19(23(18)30-21(15)16-9-4-2-5-10-16)25(29)31-22(24(26)28)17-11-6-3-7-12-17/h2-14,22H,1H3,(H2,26,28)/t22-/m1/s1. The van der Waals surface area contributed by atoms with Gasteiger partial charge >= 0.3 is 5.97 Å². The van der Waals surface area contributed by atoms with Crippen LogP contribution in [0.15, 0.2) is 88.1 Å². The summed E-state index contributed by atoms with van der Waals surface area (Å²) in [6.45, 7) is 1.68. The first-order valence-electron chi connectivity index (χ1n) is 9.64. The van der Waals surface area contributed by atoms with Gasteiger partial charge in [-0.05, 0) is 19.1 Å². The zero-order valence-electron chi connectivity index (χ0n) is 16.7. The number of fused-ring (bicyclic) bond motifs is 1. The van der Waals surface area contributed by atoms with Crippen LogP contribution in [0.3, 0.4) is 0 Å². The van der Waals surface area contributed by atoms with E-state index in [9.17, 15) is 14.4 Å². The Hall–Kier alpha value is -4.19. The highest BCUT2D eigenvalue weighted by atomic mass is 16.5. The molecule has 0 fully saturated rings. The van der Waals surface area contributed by atoms with Crippen molar-refractivity contribution in [1.82, 2.24) is 0 Å². The van der Waals surface area contributed by atoms with Crippen molar-refractivity contribution in [1.29, 1.82) is 0 Å². The van der Waals surface area contributed by atoms with Crippen molar-refractivity contribution in [3.63, 3.8) is 0 Å². The topological polar surface area (TPSA) is 99.6 Å². The van der Waals surface area contributed by atoms with Gasteiger partial charge in [-0.1, -0.05) is 66.7 Å². The van der Waals surface area contributed by atoms with Gasteiger partial charge in [0.2, 0.25) is 6.10 Å². The summed E-state index contributed by atoms with van der Waals surface area (Å²) < 4.78 is 11.5. The highest BCUT2D eigenvalue weighted by Crippen LogP contribution is 2.28. The number of para-hydroxylation sites is 1. The molecule has 0 aliphatic rings. The monoisotopic (exact) mass is 413 g/mol. The third-order valence-corrected chi connectivity index (χ3v) is 4.99. The molecular formula is C25H19NO5. The maximum absolute atomic E-state index is 13.0. The minimum Gasteiger partial charge on any atom is -0.455 e. The lowest BCUT2D eigenvalue weighted by molar-refractivity contribution is -0.127. The van der Waals surface area contributed by atoms with Crippen LogP contribution < -0.4 is 11.2 Å². The molecule has 0 radical (unpaired) electrons. The molecule has 0 aliphatic heterocycles. The Labute approximate surface area is 177 Å². The minimum absolute atomic E-state index is 0.0361. The van der Waals surface area contributed by atoms with E-state index < -0.39 is 18.0 Å². The maximum atomic E-state index is 13.0. The number of rotatable bonds is 5. The van der Waals surface area contributed by atoms with Crippen molar-refractivity contribution < 1.29 is 18.7 Å². The Kier molecular flexibility index (Phi) is 5.37. The molecule has 1 aromatic heterocycles. The molecule has 0 unspecified atom stereocenters. The summed E-state index contributed by atoms with van der Waals surface area (Å²) in [5, 5.41) is 0.252. The van der Waals surface area contributed by atoms with E-state index in [0.29, 0.717) is 22.5 Å². The van der Waals surface area contributed by atoms with E-state index in [0.717, 1.165) is 0 Å². The zero-order valence-corrected chi connectivity index (χ0v) is 16.7. The lowest BCUT2D eigenvalue weighted by atomic mass is 10.0. The number of hydrogen-bond donors (Lipinski definition) is 1. The number of carbonyl (C=O) groups is 2. The van der Waals surface area contributed by atoms with Gasteiger partial charge in [0.15, 0.2) is 11.0 Å². The second kappa shape index (κ2) is 8.28. The maximum Gasteiger partial charge on any atom is 0.343 e. The molecule has 0 bridgehead atoms. The Morgan fingerprint density at radius 3 is 2.19 bits per heavy atom. The van der Waals surface area contributed by atoms with Crippen LogP contribution in [0.1, 0.15) is 27.6 Å². The van der Waals surface area contributed by atoms with E-state index in [2.05, 4.69) is 0 Å². The summed E-state index contributed by atoms with van der Waals surface area (Å²) in [7, 11) is 0. The van der Waals surface area contributed by atoms with Gasteiger partial charge in [0.1, 0.15) is 11.3 Å². The second-order valence-corrected chi connectivity index (χ2v) is 7.03. The summed E-state index contributed by atoms with van der Waals surface area (Å²) in [4.78, 5) is 37.9. The van der Waals surface area contributed by atoms with Crippen molar-refractivity contribution in [3.05, 3.63) is 106 Å². The first-order chi connectivity index (χ1) is 15.0. The van der Waals surface area contributed by atoms with Crippen LogP contribution in [0.2, 0.25) is 0 Å². The molecule has 4 rings (SSSR count). The van der Waals surface area contributed by atoms with Crippen LogP contribution in [0.5, 0.6) is 0 Å². The van der Waals surface area contributed by atoms with Crippen LogP contribution >= 0.6 is 0 Å². The Bertz CT molecular complexity index is 1330. The molecule has 6 nitrogen and oxygen atoms in total. The van der Waals surface area contributed by atoms with E-state index in [4.69, 9.17) is 14.9 Å². The predicted octanol–water partition coefficient (Wildman–Crippen LogP) is 4.15. The summed E-state index contributed by atoms with van der Waals surface area (Å²) in [6, 6.07) is 22.3. The number of carbonyl (C=O) groups excluding carboxylic acids is 2. The van der Waals surface area contributed by atoms with Gasteiger partial charge in [-0.3, -0.25) is 9.59 Å². The number of nitrogens with two attached hydrogens (primary N) is 1. The van der Waals surface area contributed by atoms with Crippen molar-refractivity contribution in [2.75, 3.05) is 0 Å². The highest BCUT2D eigenvalue weighted by Gasteiger charge is 2.26. The van der Waals surface area contributed by atoms with E-state index >= 15 is 0 Å². The van der Waals surface area contributed by atoms with E-state index in [-0.39, 0.29) is 22.0 Å². The molecule has 1 amide bonds. The predicted molar refractivity (Wildman–Crippen MR) is 116 cm³/mol. The van der Waals surface area contributed by atoms with Crippen LogP contribution in [-0.2, 0) is 9.53 Å². The molecule has 31 heavy (non-hydrogen) atoms. The quantitative estimate of drug-likeness (QED) is 0.496. The third kappa shape index (κ3) is 3.83. The van der Waals surface area contributed by atoms with Gasteiger partial charge < -0.3 is 14.9 Å². The van der Waals surface area contributed by atoms with Crippen molar-refractivity contribution in [2.45, 2.75) is 13.0 Å². The summed E-state index contributed by atoms with van der Waals surface area (Å²) in [5.41, 5.74) is 6.94. The number of primary amides is 1.